The third kappa shape index (κ3) is 2.82. The molecule has 2 saturated carbocycles. The van der Waals surface area contributed by atoms with Crippen LogP contribution in [0, 0.1) is 25.7 Å². The number of hydrogen-bond acceptors (Lipinski definition) is 2. The molecule has 3 atom stereocenters. The van der Waals surface area contributed by atoms with Gasteiger partial charge in [0.15, 0.2) is 6.61 Å². The van der Waals surface area contributed by atoms with Crippen molar-refractivity contribution < 1.29 is 9.53 Å². The maximum absolute atomic E-state index is 12.0. The van der Waals surface area contributed by atoms with Crippen LogP contribution in [0.3, 0.4) is 0 Å². The fraction of sp³-hybridized carbons (Fsp3) is 0.588. The molecule has 3 nitrogen and oxygen atoms in total. The number of benzene rings is 1. The molecule has 108 valence electrons. The Kier molecular flexibility index (Phi) is 3.68. The number of aryl methyl sites for hydroxylation is 2. The van der Waals surface area contributed by atoms with Crippen LogP contribution < -0.4 is 10.1 Å². The topological polar surface area (TPSA) is 38.3 Å². The summed E-state index contributed by atoms with van der Waals surface area (Å²) in [6.07, 6.45) is 5.12. The van der Waals surface area contributed by atoms with E-state index in [9.17, 15) is 4.79 Å². The Balaban J connectivity index is 1.48. The van der Waals surface area contributed by atoms with Gasteiger partial charge in [0.2, 0.25) is 0 Å². The molecule has 0 unspecified atom stereocenters. The van der Waals surface area contributed by atoms with Crippen molar-refractivity contribution in [2.75, 3.05) is 6.61 Å². The smallest absolute Gasteiger partial charge is 0.258 e. The van der Waals surface area contributed by atoms with Gasteiger partial charge >= 0.3 is 0 Å². The van der Waals surface area contributed by atoms with E-state index in [1.165, 1.54) is 36.8 Å². The summed E-state index contributed by atoms with van der Waals surface area (Å²) in [7, 11) is 0. The molecule has 0 aliphatic heterocycles. The molecule has 1 amide bonds. The van der Waals surface area contributed by atoms with Gasteiger partial charge in [0.1, 0.15) is 5.75 Å². The van der Waals surface area contributed by atoms with Crippen LogP contribution in [0.1, 0.15) is 36.8 Å². The van der Waals surface area contributed by atoms with Gasteiger partial charge in [-0.05, 0) is 68.2 Å². The minimum atomic E-state index is 0.0146. The maximum Gasteiger partial charge on any atom is 0.258 e. The van der Waals surface area contributed by atoms with Crippen molar-refractivity contribution in [3.8, 4) is 5.75 Å². The van der Waals surface area contributed by atoms with E-state index < -0.39 is 0 Å². The molecule has 2 fully saturated rings. The third-order valence-corrected chi connectivity index (χ3v) is 4.93. The predicted molar refractivity (Wildman–Crippen MR) is 78.8 cm³/mol. The summed E-state index contributed by atoms with van der Waals surface area (Å²) in [6, 6.07) is 6.33. The molecule has 0 radical (unpaired) electrons. The Labute approximate surface area is 120 Å². The molecule has 0 aromatic heterocycles. The van der Waals surface area contributed by atoms with E-state index in [1.54, 1.807) is 0 Å². The van der Waals surface area contributed by atoms with Gasteiger partial charge in [-0.3, -0.25) is 4.79 Å². The summed E-state index contributed by atoms with van der Waals surface area (Å²) in [6.45, 7) is 4.24. The van der Waals surface area contributed by atoms with Crippen molar-refractivity contribution in [2.45, 2.75) is 45.6 Å². The van der Waals surface area contributed by atoms with Crippen LogP contribution in [-0.2, 0) is 4.79 Å². The van der Waals surface area contributed by atoms with Crippen LogP contribution in [0.25, 0.3) is 0 Å². The lowest BCUT2D eigenvalue weighted by Crippen LogP contribution is -2.40. The van der Waals surface area contributed by atoms with Crippen LogP contribution in [0.2, 0.25) is 0 Å². The van der Waals surface area contributed by atoms with Crippen molar-refractivity contribution >= 4 is 5.91 Å². The highest BCUT2D eigenvalue weighted by Crippen LogP contribution is 2.44. The molecule has 3 rings (SSSR count). The molecular weight excluding hydrogens is 250 g/mol. The van der Waals surface area contributed by atoms with Gasteiger partial charge in [-0.1, -0.05) is 12.5 Å². The number of ether oxygens (including phenoxy) is 1. The van der Waals surface area contributed by atoms with E-state index in [-0.39, 0.29) is 12.5 Å². The zero-order chi connectivity index (χ0) is 14.1. The van der Waals surface area contributed by atoms with Crippen LogP contribution >= 0.6 is 0 Å². The molecule has 20 heavy (non-hydrogen) atoms. The van der Waals surface area contributed by atoms with Gasteiger partial charge in [0, 0.05) is 6.04 Å². The second kappa shape index (κ2) is 5.47. The minimum Gasteiger partial charge on any atom is -0.484 e. The van der Waals surface area contributed by atoms with Gasteiger partial charge in [0.05, 0.1) is 0 Å². The van der Waals surface area contributed by atoms with Gasteiger partial charge in [-0.15, -0.1) is 0 Å². The number of nitrogens with one attached hydrogen (secondary N) is 1. The summed E-state index contributed by atoms with van der Waals surface area (Å²) >= 11 is 0. The van der Waals surface area contributed by atoms with Gasteiger partial charge in [-0.25, -0.2) is 0 Å². The Hall–Kier alpha value is -1.51. The highest BCUT2D eigenvalue weighted by atomic mass is 16.5. The lowest BCUT2D eigenvalue weighted by molar-refractivity contribution is -0.124. The van der Waals surface area contributed by atoms with Gasteiger partial charge in [0.25, 0.3) is 5.91 Å². The van der Waals surface area contributed by atoms with Crippen molar-refractivity contribution in [1.29, 1.82) is 0 Å². The maximum atomic E-state index is 12.0. The zero-order valence-electron chi connectivity index (χ0n) is 12.3. The number of amides is 1. The number of carbonyl (C=O) groups is 1. The summed E-state index contributed by atoms with van der Waals surface area (Å²) in [5.41, 5.74) is 2.43. The van der Waals surface area contributed by atoms with E-state index in [0.717, 1.165) is 11.7 Å². The molecule has 0 heterocycles. The molecular formula is C17H23NO2. The van der Waals surface area contributed by atoms with E-state index >= 15 is 0 Å². The monoisotopic (exact) mass is 273 g/mol. The zero-order valence-corrected chi connectivity index (χ0v) is 12.3. The molecule has 2 aliphatic rings. The Bertz CT molecular complexity index is 512. The Morgan fingerprint density at radius 3 is 2.75 bits per heavy atom. The van der Waals surface area contributed by atoms with Gasteiger partial charge in [-0.2, -0.15) is 0 Å². The first kappa shape index (κ1) is 13.5. The number of hydrogen-bond donors (Lipinski definition) is 1. The lowest BCUT2D eigenvalue weighted by Gasteiger charge is -2.22. The van der Waals surface area contributed by atoms with E-state index in [0.29, 0.717) is 12.0 Å². The first-order valence-corrected chi connectivity index (χ1v) is 7.61. The summed E-state index contributed by atoms with van der Waals surface area (Å²) < 4.78 is 5.58. The first-order valence-electron chi connectivity index (χ1n) is 7.61. The van der Waals surface area contributed by atoms with E-state index in [2.05, 4.69) is 19.2 Å². The van der Waals surface area contributed by atoms with E-state index in [1.807, 2.05) is 18.2 Å². The molecule has 1 aromatic rings. The fourth-order valence-corrected chi connectivity index (χ4v) is 3.62. The molecule has 0 saturated heterocycles. The Morgan fingerprint density at radius 2 is 2.10 bits per heavy atom. The molecule has 2 aliphatic carbocycles. The van der Waals surface area contributed by atoms with E-state index in [4.69, 9.17) is 4.74 Å². The van der Waals surface area contributed by atoms with Crippen LogP contribution in [0.5, 0.6) is 5.75 Å². The second-order valence-electron chi connectivity index (χ2n) is 6.38. The van der Waals surface area contributed by atoms with Crippen molar-refractivity contribution in [3.63, 3.8) is 0 Å². The van der Waals surface area contributed by atoms with Crippen molar-refractivity contribution in [2.24, 2.45) is 11.8 Å². The highest BCUT2D eigenvalue weighted by molar-refractivity contribution is 5.78. The number of carbonyl (C=O) groups excluding carboxylic acids is 1. The SMILES string of the molecule is Cc1ccc(OCC(=O)N[C@H]2C[C@H]3CC[C@H]2C3)cc1C. The van der Waals surface area contributed by atoms with Gasteiger partial charge < -0.3 is 10.1 Å². The summed E-state index contributed by atoms with van der Waals surface area (Å²) in [5.74, 6) is 2.36. The average molecular weight is 273 g/mol. The Morgan fingerprint density at radius 1 is 1.25 bits per heavy atom. The molecule has 1 N–H and O–H groups in total. The largest absolute Gasteiger partial charge is 0.484 e. The number of fused-ring (bicyclic) bond motifs is 2. The normalized spacial score (nSPS) is 27.6. The molecule has 3 heteroatoms. The number of rotatable bonds is 4. The molecule has 2 bridgehead atoms. The predicted octanol–water partition coefficient (Wildman–Crippen LogP) is 2.99. The third-order valence-electron chi connectivity index (χ3n) is 4.93. The van der Waals surface area contributed by atoms with Crippen molar-refractivity contribution in [3.05, 3.63) is 29.3 Å². The van der Waals surface area contributed by atoms with Crippen LogP contribution in [0.4, 0.5) is 0 Å². The first-order chi connectivity index (χ1) is 9.61. The highest BCUT2D eigenvalue weighted by Gasteiger charge is 2.40. The molecule has 1 aromatic carbocycles. The standard InChI is InChI=1S/C17H23NO2/c1-11-3-6-15(7-12(11)2)20-10-17(19)18-16-9-13-4-5-14(16)8-13/h3,6-7,13-14,16H,4-5,8-10H2,1-2H3,(H,18,19)/t13-,14-,16-/m0/s1. The molecule has 0 spiro atoms. The summed E-state index contributed by atoms with van der Waals surface area (Å²) in [5, 5.41) is 3.14. The average Bonchev–Trinajstić information content (AvgIpc) is 3.02. The fourth-order valence-electron chi connectivity index (χ4n) is 3.62. The summed E-state index contributed by atoms with van der Waals surface area (Å²) in [4.78, 5) is 12.0. The quantitative estimate of drug-likeness (QED) is 0.916. The van der Waals surface area contributed by atoms with Crippen LogP contribution in [0.15, 0.2) is 18.2 Å². The van der Waals surface area contributed by atoms with Crippen LogP contribution in [-0.4, -0.2) is 18.6 Å². The minimum absolute atomic E-state index is 0.0146. The second-order valence-corrected chi connectivity index (χ2v) is 6.38. The lowest BCUT2D eigenvalue weighted by atomic mass is 9.95. The van der Waals surface area contributed by atoms with Crippen molar-refractivity contribution in [1.82, 2.24) is 5.32 Å².